The third-order valence-corrected chi connectivity index (χ3v) is 3.58. The van der Waals surface area contributed by atoms with Crippen molar-refractivity contribution in [1.29, 1.82) is 0 Å². The molecule has 9 heteroatoms. The van der Waals surface area contributed by atoms with Gasteiger partial charge in [0.15, 0.2) is 5.65 Å². The predicted molar refractivity (Wildman–Crippen MR) is 78.1 cm³/mol. The molecule has 0 radical (unpaired) electrons. The molecule has 0 spiro atoms. The van der Waals surface area contributed by atoms with Gasteiger partial charge in [-0.2, -0.15) is 13.2 Å². The summed E-state index contributed by atoms with van der Waals surface area (Å²) in [5, 5.41) is 12.6. The highest BCUT2D eigenvalue weighted by Gasteiger charge is 2.37. The number of rotatable bonds is 2. The molecule has 0 aliphatic heterocycles. The highest BCUT2D eigenvalue weighted by molar-refractivity contribution is 9.10. The Kier molecular flexibility index (Phi) is 3.59. The molecule has 5 nitrogen and oxygen atoms in total. The number of pyridine rings is 1. The Bertz CT molecular complexity index is 921. The summed E-state index contributed by atoms with van der Waals surface area (Å²) in [5.41, 5.74) is 0.156. The largest absolute Gasteiger partial charge is 0.478 e. The van der Waals surface area contributed by atoms with E-state index >= 15 is 0 Å². The van der Waals surface area contributed by atoms with Crippen LogP contribution in [0.3, 0.4) is 0 Å². The highest BCUT2D eigenvalue weighted by Crippen LogP contribution is 2.30. The number of benzene rings is 1. The second-order valence-corrected chi connectivity index (χ2v) is 5.53. The summed E-state index contributed by atoms with van der Waals surface area (Å²) in [6.07, 6.45) is -4.77. The maximum atomic E-state index is 12.9. The molecule has 1 N–H and O–H groups in total. The molecule has 3 aromatic rings. The van der Waals surface area contributed by atoms with E-state index in [0.29, 0.717) is 11.3 Å². The van der Waals surface area contributed by atoms with Gasteiger partial charge in [-0.05, 0) is 24.3 Å². The highest BCUT2D eigenvalue weighted by atomic mass is 79.9. The van der Waals surface area contributed by atoms with E-state index in [0.717, 1.165) is 8.99 Å². The lowest BCUT2D eigenvalue weighted by Gasteiger charge is -2.06. The number of alkyl halides is 3. The number of hydrogen-bond acceptors (Lipinski definition) is 3. The lowest BCUT2D eigenvalue weighted by molar-refractivity contribution is -0.144. The molecule has 0 saturated carbocycles. The van der Waals surface area contributed by atoms with Crippen LogP contribution >= 0.6 is 15.9 Å². The first kappa shape index (κ1) is 15.5. The molecular formula is C14H7BrF3N3O2. The molecule has 0 bridgehead atoms. The number of aromatic carboxylic acids is 1. The standard InChI is InChI=1S/C14H7BrF3N3O2/c15-8-3-1-2-7(6-8)10-5-4-9(12(22)23)11-19-13(14(16,17)18)20-21(10)11/h1-6H,(H,22,23). The molecule has 1 aromatic carbocycles. The van der Waals surface area contributed by atoms with Crippen molar-refractivity contribution >= 4 is 27.5 Å². The van der Waals surface area contributed by atoms with E-state index in [4.69, 9.17) is 5.11 Å². The van der Waals surface area contributed by atoms with Crippen molar-refractivity contribution in [3.63, 3.8) is 0 Å². The van der Waals surface area contributed by atoms with Crippen molar-refractivity contribution in [3.05, 3.63) is 52.3 Å². The molecule has 2 heterocycles. The molecule has 0 atom stereocenters. The van der Waals surface area contributed by atoms with Gasteiger partial charge < -0.3 is 5.11 Å². The molecule has 2 aromatic heterocycles. The number of carboxylic acid groups (broad SMARTS) is 1. The van der Waals surface area contributed by atoms with Gasteiger partial charge in [0.25, 0.3) is 5.82 Å². The van der Waals surface area contributed by atoms with Gasteiger partial charge in [0.1, 0.15) is 5.56 Å². The number of fused-ring (bicyclic) bond motifs is 1. The van der Waals surface area contributed by atoms with Gasteiger partial charge in [-0.3, -0.25) is 0 Å². The molecule has 0 amide bonds. The molecule has 23 heavy (non-hydrogen) atoms. The normalized spacial score (nSPS) is 11.8. The summed E-state index contributed by atoms with van der Waals surface area (Å²) >= 11 is 3.28. The summed E-state index contributed by atoms with van der Waals surface area (Å²) in [6, 6.07) is 9.43. The number of nitrogens with zero attached hydrogens (tertiary/aromatic N) is 3. The van der Waals surface area contributed by atoms with Crippen molar-refractivity contribution in [2.45, 2.75) is 6.18 Å². The van der Waals surface area contributed by atoms with Crippen LogP contribution in [0.4, 0.5) is 13.2 Å². The fourth-order valence-electron chi connectivity index (χ4n) is 2.12. The second kappa shape index (κ2) is 5.34. The minimum absolute atomic E-state index is 0.300. The van der Waals surface area contributed by atoms with Crippen LogP contribution in [-0.2, 0) is 6.18 Å². The van der Waals surface area contributed by atoms with Gasteiger partial charge in [0, 0.05) is 10.0 Å². The van der Waals surface area contributed by atoms with Crippen molar-refractivity contribution in [1.82, 2.24) is 14.6 Å². The van der Waals surface area contributed by atoms with E-state index in [2.05, 4.69) is 26.0 Å². The summed E-state index contributed by atoms with van der Waals surface area (Å²) in [4.78, 5) is 14.6. The summed E-state index contributed by atoms with van der Waals surface area (Å²) in [5.74, 6) is -2.76. The fourth-order valence-corrected chi connectivity index (χ4v) is 2.51. The number of hydrogen-bond donors (Lipinski definition) is 1. The van der Waals surface area contributed by atoms with E-state index in [1.54, 1.807) is 24.3 Å². The van der Waals surface area contributed by atoms with E-state index in [1.807, 2.05) is 0 Å². The summed E-state index contributed by atoms with van der Waals surface area (Å²) < 4.78 is 40.2. The zero-order chi connectivity index (χ0) is 16.8. The number of halogens is 4. The van der Waals surface area contributed by atoms with Crippen LogP contribution in [0.25, 0.3) is 16.9 Å². The van der Waals surface area contributed by atoms with Crippen molar-refractivity contribution < 1.29 is 23.1 Å². The maximum Gasteiger partial charge on any atom is 0.453 e. The average Bonchev–Trinajstić information content (AvgIpc) is 2.90. The van der Waals surface area contributed by atoms with Gasteiger partial charge >= 0.3 is 12.1 Å². The van der Waals surface area contributed by atoms with Gasteiger partial charge in [-0.25, -0.2) is 14.3 Å². The van der Waals surface area contributed by atoms with E-state index in [-0.39, 0.29) is 11.2 Å². The Morgan fingerprint density at radius 2 is 1.96 bits per heavy atom. The van der Waals surface area contributed by atoms with Crippen LogP contribution < -0.4 is 0 Å². The molecule has 0 fully saturated rings. The maximum absolute atomic E-state index is 12.9. The zero-order valence-electron chi connectivity index (χ0n) is 11.2. The van der Waals surface area contributed by atoms with E-state index in [1.165, 1.54) is 12.1 Å². The van der Waals surface area contributed by atoms with Gasteiger partial charge in [-0.15, -0.1) is 5.10 Å². The van der Waals surface area contributed by atoms with E-state index < -0.39 is 18.0 Å². The van der Waals surface area contributed by atoms with Gasteiger partial charge in [0.2, 0.25) is 0 Å². The summed E-state index contributed by atoms with van der Waals surface area (Å²) in [6.45, 7) is 0. The second-order valence-electron chi connectivity index (χ2n) is 4.62. The minimum Gasteiger partial charge on any atom is -0.478 e. The topological polar surface area (TPSA) is 67.5 Å². The van der Waals surface area contributed by atoms with Gasteiger partial charge in [0.05, 0.1) is 5.69 Å². The Morgan fingerprint density at radius 1 is 1.22 bits per heavy atom. The lowest BCUT2D eigenvalue weighted by Crippen LogP contribution is -2.07. The van der Waals surface area contributed by atoms with Crippen LogP contribution in [0.5, 0.6) is 0 Å². The third-order valence-electron chi connectivity index (χ3n) is 3.09. The SMILES string of the molecule is O=C(O)c1ccc(-c2cccc(Br)c2)n2nc(C(F)(F)F)nc12. The minimum atomic E-state index is -4.77. The van der Waals surface area contributed by atoms with Crippen LogP contribution in [0.2, 0.25) is 0 Å². The fraction of sp³-hybridized carbons (Fsp3) is 0.0714. The predicted octanol–water partition coefficient (Wildman–Crippen LogP) is 3.88. The Morgan fingerprint density at radius 3 is 2.57 bits per heavy atom. The monoisotopic (exact) mass is 385 g/mol. The van der Waals surface area contributed by atoms with Crippen LogP contribution in [0, 0.1) is 0 Å². The molecule has 0 aliphatic carbocycles. The summed E-state index contributed by atoms with van der Waals surface area (Å²) in [7, 11) is 0. The average molecular weight is 386 g/mol. The van der Waals surface area contributed by atoms with Gasteiger partial charge in [-0.1, -0.05) is 28.1 Å². The third kappa shape index (κ3) is 2.79. The van der Waals surface area contributed by atoms with Crippen molar-refractivity contribution in [2.75, 3.05) is 0 Å². The lowest BCUT2D eigenvalue weighted by atomic mass is 10.1. The first-order chi connectivity index (χ1) is 10.8. The zero-order valence-corrected chi connectivity index (χ0v) is 12.8. The Balaban J connectivity index is 2.34. The first-order valence-corrected chi connectivity index (χ1v) is 7.03. The number of carboxylic acids is 1. The molecule has 0 unspecified atom stereocenters. The molecular weight excluding hydrogens is 379 g/mol. The van der Waals surface area contributed by atoms with Crippen molar-refractivity contribution in [2.24, 2.45) is 0 Å². The molecule has 0 aliphatic rings. The molecule has 3 rings (SSSR count). The molecule has 118 valence electrons. The van der Waals surface area contributed by atoms with Crippen LogP contribution in [0.15, 0.2) is 40.9 Å². The Labute approximate surface area is 135 Å². The number of aromatic nitrogens is 3. The number of carbonyl (C=O) groups is 1. The van der Waals surface area contributed by atoms with Crippen LogP contribution in [0.1, 0.15) is 16.2 Å². The van der Waals surface area contributed by atoms with Crippen molar-refractivity contribution in [3.8, 4) is 11.3 Å². The Hall–Kier alpha value is -2.42. The quantitative estimate of drug-likeness (QED) is 0.726. The first-order valence-electron chi connectivity index (χ1n) is 6.23. The van der Waals surface area contributed by atoms with Crippen LogP contribution in [-0.4, -0.2) is 25.7 Å². The molecule has 0 saturated heterocycles. The smallest absolute Gasteiger partial charge is 0.453 e. The van der Waals surface area contributed by atoms with E-state index in [9.17, 15) is 18.0 Å².